The largest absolute Gasteiger partial charge is 0.355 e. The first-order chi connectivity index (χ1) is 8.49. The zero-order valence-electron chi connectivity index (χ0n) is 11.0. The minimum absolute atomic E-state index is 0.0449. The van der Waals surface area contributed by atoms with Crippen LogP contribution in [0.4, 0.5) is 5.82 Å². The molecule has 0 bridgehead atoms. The molecule has 0 fully saturated rings. The smallest absolute Gasteiger partial charge is 0.227 e. The fourth-order valence-corrected chi connectivity index (χ4v) is 1.32. The van der Waals surface area contributed by atoms with Gasteiger partial charge >= 0.3 is 0 Å². The van der Waals surface area contributed by atoms with Gasteiger partial charge in [-0.15, -0.1) is 0 Å². The molecule has 1 heterocycles. The van der Waals surface area contributed by atoms with Crippen molar-refractivity contribution in [3.63, 3.8) is 0 Å². The van der Waals surface area contributed by atoms with Crippen LogP contribution in [0.2, 0.25) is 0 Å². The fraction of sp³-hybridized carbons (Fsp3) is 0.462. The van der Waals surface area contributed by atoms with Gasteiger partial charge in [-0.2, -0.15) is 0 Å². The van der Waals surface area contributed by atoms with Crippen molar-refractivity contribution >= 4 is 17.6 Å². The summed E-state index contributed by atoms with van der Waals surface area (Å²) in [5, 5.41) is 5.37. The number of nitrogens with zero attached hydrogens (tertiary/aromatic N) is 1. The Morgan fingerprint density at radius 2 is 2.06 bits per heavy atom. The third-order valence-electron chi connectivity index (χ3n) is 2.33. The molecule has 0 aromatic carbocycles. The van der Waals surface area contributed by atoms with Gasteiger partial charge in [0.1, 0.15) is 5.82 Å². The van der Waals surface area contributed by atoms with E-state index in [1.54, 1.807) is 6.07 Å². The summed E-state index contributed by atoms with van der Waals surface area (Å²) in [5.41, 5.74) is 0.848. The Labute approximate surface area is 107 Å². The number of carbonyl (C=O) groups is 2. The molecule has 2 amide bonds. The van der Waals surface area contributed by atoms with Gasteiger partial charge in [0.15, 0.2) is 0 Å². The van der Waals surface area contributed by atoms with Crippen LogP contribution in [0.25, 0.3) is 0 Å². The van der Waals surface area contributed by atoms with Gasteiger partial charge in [0.2, 0.25) is 11.8 Å². The van der Waals surface area contributed by atoms with Gasteiger partial charge in [0.05, 0.1) is 0 Å². The van der Waals surface area contributed by atoms with Gasteiger partial charge in [-0.05, 0) is 19.1 Å². The molecule has 5 nitrogen and oxygen atoms in total. The lowest BCUT2D eigenvalue weighted by atomic mass is 10.2. The number of aromatic nitrogens is 1. The number of aryl methyl sites for hydroxylation is 1. The van der Waals surface area contributed by atoms with Crippen LogP contribution < -0.4 is 10.6 Å². The predicted octanol–water partition coefficient (Wildman–Crippen LogP) is 1.49. The number of rotatable bonds is 5. The standard InChI is InChI=1S/C13H19N3O2/c1-9(2)13(18)14-8-7-12(17)16-11-6-4-5-10(3)15-11/h4-6,9H,7-8H2,1-3H3,(H,14,18)(H,15,16,17). The quantitative estimate of drug-likeness (QED) is 0.830. The van der Waals surface area contributed by atoms with Crippen LogP contribution in [0.1, 0.15) is 26.0 Å². The molecule has 2 N–H and O–H groups in total. The Morgan fingerprint density at radius 3 is 2.67 bits per heavy atom. The van der Waals surface area contributed by atoms with Gasteiger partial charge in [0.25, 0.3) is 0 Å². The van der Waals surface area contributed by atoms with Crippen LogP contribution in [0.3, 0.4) is 0 Å². The van der Waals surface area contributed by atoms with Crippen molar-refractivity contribution in [3.05, 3.63) is 23.9 Å². The molecule has 1 aromatic heterocycles. The lowest BCUT2D eigenvalue weighted by Gasteiger charge is -2.08. The van der Waals surface area contributed by atoms with Crippen molar-refractivity contribution in [1.29, 1.82) is 0 Å². The van der Waals surface area contributed by atoms with Crippen molar-refractivity contribution in [2.75, 3.05) is 11.9 Å². The summed E-state index contributed by atoms with van der Waals surface area (Å²) in [5.74, 6) is 0.273. The second-order valence-corrected chi connectivity index (χ2v) is 4.41. The van der Waals surface area contributed by atoms with Gasteiger partial charge in [-0.1, -0.05) is 19.9 Å². The lowest BCUT2D eigenvalue weighted by molar-refractivity contribution is -0.124. The summed E-state index contributed by atoms with van der Waals surface area (Å²) >= 11 is 0. The maximum Gasteiger partial charge on any atom is 0.227 e. The Bertz CT molecular complexity index is 430. The van der Waals surface area contributed by atoms with Gasteiger partial charge in [-0.3, -0.25) is 9.59 Å². The molecule has 98 valence electrons. The van der Waals surface area contributed by atoms with Crippen molar-refractivity contribution in [1.82, 2.24) is 10.3 Å². The molecule has 1 rings (SSSR count). The number of nitrogens with one attached hydrogen (secondary N) is 2. The Kier molecular flexibility index (Phi) is 5.30. The maximum atomic E-state index is 11.6. The maximum absolute atomic E-state index is 11.6. The van der Waals surface area contributed by atoms with E-state index in [4.69, 9.17) is 0 Å². The van der Waals surface area contributed by atoms with E-state index in [0.717, 1.165) is 5.69 Å². The molecule has 5 heteroatoms. The SMILES string of the molecule is Cc1cccc(NC(=O)CCNC(=O)C(C)C)n1. The first-order valence-corrected chi connectivity index (χ1v) is 6.00. The average molecular weight is 249 g/mol. The third-order valence-corrected chi connectivity index (χ3v) is 2.33. The van der Waals surface area contributed by atoms with Crippen LogP contribution in [0.5, 0.6) is 0 Å². The Hall–Kier alpha value is -1.91. The predicted molar refractivity (Wildman–Crippen MR) is 70.1 cm³/mol. The highest BCUT2D eigenvalue weighted by Crippen LogP contribution is 2.03. The molecule has 0 aliphatic heterocycles. The van der Waals surface area contributed by atoms with Crippen LogP contribution in [0.15, 0.2) is 18.2 Å². The number of anilines is 1. The van der Waals surface area contributed by atoms with Crippen LogP contribution in [0, 0.1) is 12.8 Å². The zero-order valence-corrected chi connectivity index (χ0v) is 11.0. The van der Waals surface area contributed by atoms with Crippen molar-refractivity contribution in [2.24, 2.45) is 5.92 Å². The van der Waals surface area contributed by atoms with Gasteiger partial charge in [-0.25, -0.2) is 4.98 Å². The summed E-state index contributed by atoms with van der Waals surface area (Å²) in [6.45, 7) is 5.82. The van der Waals surface area contributed by atoms with Gasteiger partial charge in [0, 0.05) is 24.6 Å². The van der Waals surface area contributed by atoms with E-state index in [0.29, 0.717) is 12.4 Å². The molecular formula is C13H19N3O2. The molecule has 18 heavy (non-hydrogen) atoms. The minimum atomic E-state index is -0.155. The van der Waals surface area contributed by atoms with E-state index in [1.165, 1.54) is 0 Å². The van der Waals surface area contributed by atoms with Crippen LogP contribution in [-0.4, -0.2) is 23.3 Å². The summed E-state index contributed by atoms with van der Waals surface area (Å²) in [6, 6.07) is 5.43. The molecular weight excluding hydrogens is 230 g/mol. The number of hydrogen-bond acceptors (Lipinski definition) is 3. The second-order valence-electron chi connectivity index (χ2n) is 4.41. The molecule has 0 radical (unpaired) electrons. The number of amides is 2. The summed E-state index contributed by atoms with van der Waals surface area (Å²) in [6.07, 6.45) is 0.244. The topological polar surface area (TPSA) is 71.1 Å². The fourth-order valence-electron chi connectivity index (χ4n) is 1.32. The molecule has 0 saturated heterocycles. The van der Waals surface area contributed by atoms with Gasteiger partial charge < -0.3 is 10.6 Å². The molecule has 0 spiro atoms. The monoisotopic (exact) mass is 249 g/mol. The Morgan fingerprint density at radius 1 is 1.33 bits per heavy atom. The van der Waals surface area contributed by atoms with Crippen molar-refractivity contribution < 1.29 is 9.59 Å². The lowest BCUT2D eigenvalue weighted by Crippen LogP contribution is -2.30. The third kappa shape index (κ3) is 4.95. The number of hydrogen-bond donors (Lipinski definition) is 2. The zero-order chi connectivity index (χ0) is 13.5. The van der Waals surface area contributed by atoms with E-state index in [2.05, 4.69) is 15.6 Å². The van der Waals surface area contributed by atoms with E-state index >= 15 is 0 Å². The Balaban J connectivity index is 2.32. The molecule has 0 atom stereocenters. The van der Waals surface area contributed by atoms with E-state index in [-0.39, 0.29) is 24.2 Å². The van der Waals surface area contributed by atoms with Crippen molar-refractivity contribution in [2.45, 2.75) is 27.2 Å². The minimum Gasteiger partial charge on any atom is -0.355 e. The molecule has 0 aliphatic rings. The highest BCUT2D eigenvalue weighted by atomic mass is 16.2. The van der Waals surface area contributed by atoms with Crippen LogP contribution in [-0.2, 0) is 9.59 Å². The molecule has 0 unspecified atom stereocenters. The number of pyridine rings is 1. The highest BCUT2D eigenvalue weighted by Gasteiger charge is 2.07. The van der Waals surface area contributed by atoms with Crippen molar-refractivity contribution in [3.8, 4) is 0 Å². The average Bonchev–Trinajstić information content (AvgIpc) is 2.28. The summed E-state index contributed by atoms with van der Waals surface area (Å²) in [4.78, 5) is 27.0. The normalized spacial score (nSPS) is 10.2. The van der Waals surface area contributed by atoms with E-state index in [9.17, 15) is 9.59 Å². The first kappa shape index (κ1) is 14.2. The molecule has 0 saturated carbocycles. The highest BCUT2D eigenvalue weighted by molar-refractivity contribution is 5.90. The van der Waals surface area contributed by atoms with E-state index < -0.39 is 0 Å². The first-order valence-electron chi connectivity index (χ1n) is 6.00. The summed E-state index contributed by atoms with van der Waals surface area (Å²) < 4.78 is 0. The van der Waals surface area contributed by atoms with E-state index in [1.807, 2.05) is 32.9 Å². The second kappa shape index (κ2) is 6.74. The molecule has 0 aliphatic carbocycles. The molecule has 1 aromatic rings. The van der Waals surface area contributed by atoms with Crippen LogP contribution >= 0.6 is 0 Å². The number of carbonyl (C=O) groups excluding carboxylic acids is 2. The summed E-state index contributed by atoms with van der Waals surface area (Å²) in [7, 11) is 0.